The molecule has 0 bridgehead atoms. The van der Waals surface area contributed by atoms with Crippen LogP contribution in [0.3, 0.4) is 0 Å². The summed E-state index contributed by atoms with van der Waals surface area (Å²) in [4.78, 5) is 26.1. The van der Waals surface area contributed by atoms with E-state index in [1.165, 1.54) is 6.08 Å². The van der Waals surface area contributed by atoms with E-state index in [0.29, 0.717) is 15.7 Å². The van der Waals surface area contributed by atoms with Gasteiger partial charge in [0.05, 0.1) is 15.1 Å². The van der Waals surface area contributed by atoms with Crippen LogP contribution in [0, 0.1) is 0 Å². The number of para-hydroxylation sites is 1. The van der Waals surface area contributed by atoms with E-state index in [4.69, 9.17) is 0 Å². The summed E-state index contributed by atoms with van der Waals surface area (Å²) in [5.41, 5.74) is 0.975. The first kappa shape index (κ1) is 16.3. The fraction of sp³-hybridized carbons (Fsp3) is 0. The number of amides is 2. The van der Waals surface area contributed by atoms with Crippen molar-refractivity contribution >= 4 is 66.5 Å². The minimum Gasteiger partial charge on any atom is -0.506 e. The zero-order valence-corrected chi connectivity index (χ0v) is 15.5. The molecule has 23 heavy (non-hydrogen) atoms. The molecule has 0 unspecified atom stereocenters. The van der Waals surface area contributed by atoms with Crippen LogP contribution in [-0.4, -0.2) is 16.3 Å². The summed E-state index contributed by atoms with van der Waals surface area (Å²) in [6.45, 7) is 0. The van der Waals surface area contributed by atoms with Crippen LogP contribution in [0.15, 0.2) is 56.3 Å². The van der Waals surface area contributed by atoms with Gasteiger partial charge >= 0.3 is 0 Å². The number of phenols is 1. The third-order valence-electron chi connectivity index (χ3n) is 3.15. The number of hydrogen-bond acceptors (Lipinski definition) is 4. The number of carbonyl (C=O) groups excluding carboxylic acids is 2. The van der Waals surface area contributed by atoms with Crippen LogP contribution in [0.25, 0.3) is 6.08 Å². The lowest BCUT2D eigenvalue weighted by Crippen LogP contribution is -2.27. The highest BCUT2D eigenvalue weighted by Crippen LogP contribution is 2.38. The number of benzene rings is 2. The third kappa shape index (κ3) is 3.22. The standard InChI is InChI=1S/C16H9Br2NO3S/c17-10-6-9(14(20)12(18)8-10)7-13-15(21)19(16(22)23-13)11-4-2-1-3-5-11/h1-8,20H. The normalized spacial score (nSPS) is 16.4. The number of nitrogens with zero attached hydrogens (tertiary/aromatic N) is 1. The summed E-state index contributed by atoms with van der Waals surface area (Å²) < 4.78 is 1.25. The minimum absolute atomic E-state index is 0.0136. The second kappa shape index (κ2) is 6.51. The maximum atomic E-state index is 12.5. The first-order chi connectivity index (χ1) is 11.0. The highest BCUT2D eigenvalue weighted by molar-refractivity contribution is 9.11. The van der Waals surface area contributed by atoms with E-state index in [2.05, 4.69) is 31.9 Å². The molecule has 4 nitrogen and oxygen atoms in total. The number of halogens is 2. The SMILES string of the molecule is O=C1SC(=Cc2cc(Br)cc(Br)c2O)C(=O)N1c1ccccc1. The van der Waals surface area contributed by atoms with Crippen LogP contribution < -0.4 is 4.90 Å². The van der Waals surface area contributed by atoms with Gasteiger partial charge in [-0.1, -0.05) is 34.1 Å². The molecule has 0 spiro atoms. The number of phenolic OH excluding ortho intramolecular Hbond substituents is 1. The summed E-state index contributed by atoms with van der Waals surface area (Å²) in [7, 11) is 0. The van der Waals surface area contributed by atoms with Crippen LogP contribution >= 0.6 is 43.6 Å². The number of aromatic hydroxyl groups is 1. The van der Waals surface area contributed by atoms with Crippen molar-refractivity contribution in [1.82, 2.24) is 0 Å². The third-order valence-corrected chi connectivity index (χ3v) is 5.08. The van der Waals surface area contributed by atoms with Gasteiger partial charge in [-0.05, 0) is 58.0 Å². The van der Waals surface area contributed by atoms with Crippen molar-refractivity contribution < 1.29 is 14.7 Å². The molecule has 0 aromatic heterocycles. The Morgan fingerprint density at radius 3 is 2.48 bits per heavy atom. The zero-order chi connectivity index (χ0) is 16.6. The molecule has 0 aliphatic carbocycles. The molecule has 116 valence electrons. The van der Waals surface area contributed by atoms with Crippen LogP contribution in [0.2, 0.25) is 0 Å². The van der Waals surface area contributed by atoms with Crippen LogP contribution in [0.1, 0.15) is 5.56 Å². The monoisotopic (exact) mass is 453 g/mol. The molecule has 2 aromatic carbocycles. The largest absolute Gasteiger partial charge is 0.506 e. The second-order valence-corrected chi connectivity index (χ2v) is 7.44. The molecule has 3 rings (SSSR count). The van der Waals surface area contributed by atoms with Crippen molar-refractivity contribution in [3.8, 4) is 5.75 Å². The van der Waals surface area contributed by atoms with Gasteiger partial charge in [-0.15, -0.1) is 0 Å². The van der Waals surface area contributed by atoms with Crippen LogP contribution in [0.5, 0.6) is 5.75 Å². The van der Waals surface area contributed by atoms with Gasteiger partial charge in [0, 0.05) is 10.0 Å². The Morgan fingerprint density at radius 2 is 1.78 bits per heavy atom. The van der Waals surface area contributed by atoms with Crippen LogP contribution in [-0.2, 0) is 4.79 Å². The lowest BCUT2D eigenvalue weighted by molar-refractivity contribution is -0.113. The Kier molecular flexibility index (Phi) is 4.61. The molecule has 2 amide bonds. The number of hydrogen-bond donors (Lipinski definition) is 1. The summed E-state index contributed by atoms with van der Waals surface area (Å²) >= 11 is 7.42. The van der Waals surface area contributed by atoms with Gasteiger partial charge in [0.2, 0.25) is 0 Å². The Morgan fingerprint density at radius 1 is 1.09 bits per heavy atom. The number of imide groups is 1. The van der Waals surface area contributed by atoms with Crippen LogP contribution in [0.4, 0.5) is 10.5 Å². The van der Waals surface area contributed by atoms with Gasteiger partial charge in [-0.2, -0.15) is 0 Å². The van der Waals surface area contributed by atoms with E-state index in [1.807, 2.05) is 6.07 Å². The molecule has 1 aliphatic heterocycles. The van der Waals surface area contributed by atoms with E-state index in [9.17, 15) is 14.7 Å². The predicted octanol–water partition coefficient (Wildman–Crippen LogP) is 5.16. The molecule has 2 aromatic rings. The van der Waals surface area contributed by atoms with E-state index in [-0.39, 0.29) is 15.9 Å². The van der Waals surface area contributed by atoms with Crippen molar-refractivity contribution in [2.45, 2.75) is 0 Å². The fourth-order valence-electron chi connectivity index (χ4n) is 2.10. The number of anilines is 1. The highest BCUT2D eigenvalue weighted by atomic mass is 79.9. The molecule has 1 N–H and O–H groups in total. The molecule has 1 aliphatic rings. The average molecular weight is 455 g/mol. The summed E-state index contributed by atoms with van der Waals surface area (Å²) in [6, 6.07) is 12.1. The summed E-state index contributed by atoms with van der Waals surface area (Å²) in [6.07, 6.45) is 1.51. The molecule has 0 saturated carbocycles. The van der Waals surface area contributed by atoms with Crippen molar-refractivity contribution in [3.05, 3.63) is 61.9 Å². The average Bonchev–Trinajstić information content (AvgIpc) is 2.79. The Hall–Kier alpha value is -1.57. The topological polar surface area (TPSA) is 57.6 Å². The molecule has 7 heteroatoms. The molecule has 1 saturated heterocycles. The fourth-order valence-corrected chi connectivity index (χ4v) is 4.20. The molecule has 1 fully saturated rings. The first-order valence-corrected chi connectivity index (χ1v) is 8.88. The Labute approximate surface area is 153 Å². The molecule has 1 heterocycles. The van der Waals surface area contributed by atoms with E-state index >= 15 is 0 Å². The maximum Gasteiger partial charge on any atom is 0.298 e. The lowest BCUT2D eigenvalue weighted by Gasteiger charge is -2.11. The van der Waals surface area contributed by atoms with Crippen molar-refractivity contribution in [1.29, 1.82) is 0 Å². The zero-order valence-electron chi connectivity index (χ0n) is 11.5. The molecule has 0 radical (unpaired) electrons. The first-order valence-electron chi connectivity index (χ1n) is 6.48. The van der Waals surface area contributed by atoms with Gasteiger partial charge in [-0.25, -0.2) is 4.90 Å². The van der Waals surface area contributed by atoms with Gasteiger partial charge in [0.25, 0.3) is 11.1 Å². The highest BCUT2D eigenvalue weighted by Gasteiger charge is 2.36. The molecular formula is C16H9Br2NO3S. The van der Waals surface area contributed by atoms with Gasteiger partial charge in [0.1, 0.15) is 5.75 Å². The van der Waals surface area contributed by atoms with Gasteiger partial charge in [0.15, 0.2) is 0 Å². The second-order valence-electron chi connectivity index (χ2n) is 4.68. The Bertz CT molecular complexity index is 837. The minimum atomic E-state index is -0.401. The van der Waals surface area contributed by atoms with E-state index in [0.717, 1.165) is 21.1 Å². The lowest BCUT2D eigenvalue weighted by atomic mass is 10.2. The molecular weight excluding hydrogens is 446 g/mol. The quantitative estimate of drug-likeness (QED) is 0.637. The molecule has 0 atom stereocenters. The Balaban J connectivity index is 2.00. The van der Waals surface area contributed by atoms with Gasteiger partial charge in [-0.3, -0.25) is 9.59 Å². The van der Waals surface area contributed by atoms with Crippen molar-refractivity contribution in [3.63, 3.8) is 0 Å². The van der Waals surface area contributed by atoms with Crippen molar-refractivity contribution in [2.75, 3.05) is 4.90 Å². The van der Waals surface area contributed by atoms with Crippen molar-refractivity contribution in [2.24, 2.45) is 0 Å². The smallest absolute Gasteiger partial charge is 0.298 e. The predicted molar refractivity (Wildman–Crippen MR) is 98.4 cm³/mol. The summed E-state index contributed by atoms with van der Waals surface area (Å²) in [5.74, 6) is -0.388. The number of rotatable bonds is 2. The van der Waals surface area contributed by atoms with E-state index in [1.54, 1.807) is 36.4 Å². The maximum absolute atomic E-state index is 12.5. The summed E-state index contributed by atoms with van der Waals surface area (Å²) in [5, 5.41) is 9.73. The number of thioether (sulfide) groups is 1. The van der Waals surface area contributed by atoms with Gasteiger partial charge < -0.3 is 5.11 Å². The number of carbonyl (C=O) groups is 2. The van der Waals surface area contributed by atoms with E-state index < -0.39 is 5.91 Å².